The Kier molecular flexibility index (Phi) is 5.51. The summed E-state index contributed by atoms with van der Waals surface area (Å²) in [6, 6.07) is 6.70. The zero-order valence-electron chi connectivity index (χ0n) is 13.6. The third kappa shape index (κ3) is 3.31. The maximum Gasteiger partial charge on any atom is 0.244 e. The molecule has 2 rings (SSSR count). The first-order valence-electron chi connectivity index (χ1n) is 7.56. The molecule has 0 saturated heterocycles. The second kappa shape index (κ2) is 6.89. The van der Waals surface area contributed by atoms with Crippen LogP contribution in [0.15, 0.2) is 29.8 Å². The molecule has 0 amide bonds. The summed E-state index contributed by atoms with van der Waals surface area (Å²) in [5.74, 6) is 0. The van der Waals surface area contributed by atoms with Gasteiger partial charge in [0.15, 0.2) is 0 Å². The third-order valence-electron chi connectivity index (χ3n) is 4.13. The molecule has 23 heavy (non-hydrogen) atoms. The number of halogens is 2. The van der Waals surface area contributed by atoms with Gasteiger partial charge in [-0.1, -0.05) is 30.7 Å². The van der Waals surface area contributed by atoms with Crippen molar-refractivity contribution in [3.63, 3.8) is 0 Å². The highest BCUT2D eigenvalue weighted by Crippen LogP contribution is 2.44. The summed E-state index contributed by atoms with van der Waals surface area (Å²) in [7, 11) is -3.75. The predicted octanol–water partition coefficient (Wildman–Crippen LogP) is 3.05. The van der Waals surface area contributed by atoms with Crippen molar-refractivity contribution in [1.29, 1.82) is 0 Å². The van der Waals surface area contributed by atoms with Gasteiger partial charge in [0.05, 0.1) is 10.4 Å². The Morgan fingerprint density at radius 2 is 1.87 bits per heavy atom. The molecule has 1 aliphatic rings. The van der Waals surface area contributed by atoms with Crippen LogP contribution in [-0.2, 0) is 10.0 Å². The minimum absolute atomic E-state index is 0.151. The summed E-state index contributed by atoms with van der Waals surface area (Å²) >= 11 is 5.91. The van der Waals surface area contributed by atoms with E-state index in [1.54, 1.807) is 24.3 Å². The number of hydrogen-bond donors (Lipinski definition) is 1. The van der Waals surface area contributed by atoms with Crippen LogP contribution in [0.25, 0.3) is 4.91 Å². The number of likely N-dealkylation sites (N-methyl/N-ethyl adjacent to an activating group) is 1. The van der Waals surface area contributed by atoms with Crippen molar-refractivity contribution in [3.8, 4) is 0 Å². The molecule has 0 unspecified atom stereocenters. The fourth-order valence-electron chi connectivity index (χ4n) is 2.94. The van der Waals surface area contributed by atoms with Gasteiger partial charge in [-0.05, 0) is 43.7 Å². The van der Waals surface area contributed by atoms with Crippen molar-refractivity contribution in [2.45, 2.75) is 26.3 Å². The van der Waals surface area contributed by atoms with Crippen LogP contribution < -0.4 is 5.32 Å². The Morgan fingerprint density at radius 1 is 1.26 bits per heavy atom. The lowest BCUT2D eigenvalue weighted by molar-refractivity contribution is 0.255. The minimum Gasteiger partial charge on any atom is -0.313 e. The molecule has 0 bridgehead atoms. The van der Waals surface area contributed by atoms with E-state index in [0.29, 0.717) is 17.1 Å². The molecule has 1 heterocycles. The number of hydrogen-bond acceptors (Lipinski definition) is 3. The van der Waals surface area contributed by atoms with Gasteiger partial charge < -0.3 is 5.32 Å². The molecule has 1 aliphatic heterocycles. The molecular formula is C16H22ClFN2O2S. The highest BCUT2D eigenvalue weighted by Gasteiger charge is 2.49. The number of sulfonamides is 1. The van der Waals surface area contributed by atoms with Crippen LogP contribution in [0.1, 0.15) is 26.3 Å². The van der Waals surface area contributed by atoms with Gasteiger partial charge in [0.1, 0.15) is 6.67 Å². The van der Waals surface area contributed by atoms with E-state index in [-0.39, 0.29) is 11.4 Å². The SMILES string of the molecule is CCNCC1=C(c2ccc(Cl)cc2)S(=O)(=O)N(CCF)C1(C)C. The van der Waals surface area contributed by atoms with Crippen LogP contribution in [0.4, 0.5) is 4.39 Å². The van der Waals surface area contributed by atoms with E-state index in [9.17, 15) is 12.8 Å². The summed E-state index contributed by atoms with van der Waals surface area (Å²) < 4.78 is 40.2. The molecule has 0 aliphatic carbocycles. The zero-order valence-corrected chi connectivity index (χ0v) is 15.1. The quantitative estimate of drug-likeness (QED) is 0.848. The fourth-order valence-corrected chi connectivity index (χ4v) is 5.38. The average Bonchev–Trinajstić information content (AvgIpc) is 2.63. The minimum atomic E-state index is -3.75. The molecule has 1 aromatic carbocycles. The van der Waals surface area contributed by atoms with Gasteiger partial charge in [-0.25, -0.2) is 12.8 Å². The van der Waals surface area contributed by atoms with E-state index in [1.807, 2.05) is 20.8 Å². The summed E-state index contributed by atoms with van der Waals surface area (Å²) in [5, 5.41) is 3.73. The average molecular weight is 361 g/mol. The summed E-state index contributed by atoms with van der Waals surface area (Å²) in [5.41, 5.74) is 0.550. The van der Waals surface area contributed by atoms with Gasteiger partial charge >= 0.3 is 0 Å². The van der Waals surface area contributed by atoms with Crippen molar-refractivity contribution >= 4 is 26.5 Å². The van der Waals surface area contributed by atoms with Crippen LogP contribution in [0.2, 0.25) is 5.02 Å². The van der Waals surface area contributed by atoms with E-state index in [0.717, 1.165) is 12.1 Å². The number of nitrogens with zero attached hydrogens (tertiary/aromatic N) is 1. The topological polar surface area (TPSA) is 49.4 Å². The summed E-state index contributed by atoms with van der Waals surface area (Å²) in [6.07, 6.45) is 0. The third-order valence-corrected chi connectivity index (χ3v) is 6.60. The normalized spacial score (nSPS) is 20.2. The van der Waals surface area contributed by atoms with Crippen molar-refractivity contribution in [1.82, 2.24) is 9.62 Å². The van der Waals surface area contributed by atoms with Crippen LogP contribution in [0.5, 0.6) is 0 Å². The lowest BCUT2D eigenvalue weighted by atomic mass is 9.91. The maximum atomic E-state index is 13.0. The zero-order chi connectivity index (χ0) is 17.3. The maximum absolute atomic E-state index is 13.0. The fraction of sp³-hybridized carbons (Fsp3) is 0.500. The molecule has 7 heteroatoms. The monoisotopic (exact) mass is 360 g/mol. The number of nitrogens with one attached hydrogen (secondary N) is 1. The number of benzene rings is 1. The molecule has 0 atom stereocenters. The van der Waals surface area contributed by atoms with Crippen LogP contribution in [-0.4, -0.2) is 44.6 Å². The molecule has 0 radical (unpaired) electrons. The summed E-state index contributed by atoms with van der Waals surface area (Å²) in [6.45, 7) is 5.87. The second-order valence-electron chi connectivity index (χ2n) is 5.92. The van der Waals surface area contributed by atoms with Crippen molar-refractivity contribution in [2.75, 3.05) is 26.3 Å². The molecule has 0 aromatic heterocycles. The Labute approximate surface area is 142 Å². The van der Waals surface area contributed by atoms with Gasteiger partial charge in [0, 0.05) is 18.1 Å². The predicted molar refractivity (Wildman–Crippen MR) is 92.6 cm³/mol. The molecule has 0 fully saturated rings. The van der Waals surface area contributed by atoms with Crippen molar-refractivity contribution in [2.24, 2.45) is 0 Å². The first kappa shape index (κ1) is 18.4. The molecule has 4 nitrogen and oxygen atoms in total. The van der Waals surface area contributed by atoms with E-state index in [2.05, 4.69) is 5.32 Å². The van der Waals surface area contributed by atoms with E-state index < -0.39 is 22.2 Å². The Hall–Kier alpha value is -0.950. The van der Waals surface area contributed by atoms with E-state index >= 15 is 0 Å². The van der Waals surface area contributed by atoms with E-state index in [1.165, 1.54) is 4.31 Å². The lowest BCUT2D eigenvalue weighted by Crippen LogP contribution is -2.45. The first-order valence-corrected chi connectivity index (χ1v) is 9.37. The Balaban J connectivity index is 2.64. The number of alkyl halides is 1. The first-order chi connectivity index (χ1) is 10.8. The standard InChI is InChI=1S/C16H22ClFN2O2S/c1-4-19-11-14-15(12-5-7-13(17)8-6-12)23(21,22)20(10-9-18)16(14,2)3/h5-8,19H,4,9-11H2,1-3H3. The van der Waals surface area contributed by atoms with E-state index in [4.69, 9.17) is 11.6 Å². The Bertz CT molecular complexity index is 699. The largest absolute Gasteiger partial charge is 0.313 e. The molecule has 0 saturated carbocycles. The van der Waals surface area contributed by atoms with Crippen molar-refractivity contribution < 1.29 is 12.8 Å². The molecule has 0 spiro atoms. The Morgan fingerprint density at radius 3 is 2.39 bits per heavy atom. The lowest BCUT2D eigenvalue weighted by Gasteiger charge is -2.31. The highest BCUT2D eigenvalue weighted by molar-refractivity contribution is 7.98. The highest BCUT2D eigenvalue weighted by atomic mass is 35.5. The molecule has 1 N–H and O–H groups in total. The van der Waals surface area contributed by atoms with Crippen LogP contribution in [0, 0.1) is 0 Å². The van der Waals surface area contributed by atoms with Crippen LogP contribution >= 0.6 is 11.6 Å². The summed E-state index contributed by atoms with van der Waals surface area (Å²) in [4.78, 5) is 0.258. The second-order valence-corrected chi connectivity index (χ2v) is 8.16. The molecule has 1 aromatic rings. The van der Waals surface area contributed by atoms with Gasteiger partial charge in [0.25, 0.3) is 0 Å². The molecular weight excluding hydrogens is 339 g/mol. The van der Waals surface area contributed by atoms with Gasteiger partial charge in [0.2, 0.25) is 10.0 Å². The number of rotatable bonds is 6. The van der Waals surface area contributed by atoms with Crippen LogP contribution in [0.3, 0.4) is 0 Å². The van der Waals surface area contributed by atoms with Crippen molar-refractivity contribution in [3.05, 3.63) is 40.4 Å². The van der Waals surface area contributed by atoms with Gasteiger partial charge in [-0.2, -0.15) is 4.31 Å². The molecule has 128 valence electrons. The van der Waals surface area contributed by atoms with Gasteiger partial charge in [-0.15, -0.1) is 0 Å². The van der Waals surface area contributed by atoms with Gasteiger partial charge in [-0.3, -0.25) is 0 Å². The smallest absolute Gasteiger partial charge is 0.244 e.